The largest absolute Gasteiger partial charge is 0.310 e. The van der Waals surface area contributed by atoms with Gasteiger partial charge in [0, 0.05) is 17.9 Å². The van der Waals surface area contributed by atoms with Crippen molar-refractivity contribution < 1.29 is 0 Å². The summed E-state index contributed by atoms with van der Waals surface area (Å²) < 4.78 is 0. The van der Waals surface area contributed by atoms with Gasteiger partial charge in [0.1, 0.15) is 0 Å². The Hall–Kier alpha value is -0.340. The fourth-order valence-corrected chi connectivity index (χ4v) is 1.84. The van der Waals surface area contributed by atoms with E-state index >= 15 is 0 Å². The van der Waals surface area contributed by atoms with E-state index in [2.05, 4.69) is 52.4 Å². The SMILES string of the molecule is CC(CCBr)NCc1ccccc1. The molecular weight excluding hydrogens is 226 g/mol. The van der Waals surface area contributed by atoms with Gasteiger partial charge in [-0.1, -0.05) is 46.3 Å². The van der Waals surface area contributed by atoms with Crippen LogP contribution in [0.15, 0.2) is 30.3 Å². The van der Waals surface area contributed by atoms with E-state index in [1.807, 2.05) is 6.07 Å². The molecule has 0 fully saturated rings. The van der Waals surface area contributed by atoms with Gasteiger partial charge in [-0.3, -0.25) is 0 Å². The molecule has 1 rings (SSSR count). The van der Waals surface area contributed by atoms with Crippen LogP contribution in [0.2, 0.25) is 0 Å². The number of hydrogen-bond donors (Lipinski definition) is 1. The smallest absolute Gasteiger partial charge is 0.0207 e. The van der Waals surface area contributed by atoms with Crippen LogP contribution in [-0.2, 0) is 6.54 Å². The Morgan fingerprint density at radius 1 is 1.31 bits per heavy atom. The lowest BCUT2D eigenvalue weighted by atomic mass is 10.2. The fraction of sp³-hybridized carbons (Fsp3) is 0.455. The van der Waals surface area contributed by atoms with Crippen molar-refractivity contribution in [1.29, 1.82) is 0 Å². The highest BCUT2D eigenvalue weighted by molar-refractivity contribution is 9.09. The summed E-state index contributed by atoms with van der Waals surface area (Å²) in [6.07, 6.45) is 1.17. The van der Waals surface area contributed by atoms with Crippen molar-refractivity contribution in [3.8, 4) is 0 Å². The first-order valence-corrected chi connectivity index (χ1v) is 5.78. The Bertz CT molecular complexity index is 223. The average molecular weight is 242 g/mol. The quantitative estimate of drug-likeness (QED) is 0.783. The summed E-state index contributed by atoms with van der Waals surface area (Å²) in [6.45, 7) is 3.18. The minimum absolute atomic E-state index is 0.583. The number of benzene rings is 1. The molecule has 1 aromatic rings. The molecule has 0 aliphatic rings. The molecule has 13 heavy (non-hydrogen) atoms. The van der Waals surface area contributed by atoms with Crippen molar-refractivity contribution in [2.24, 2.45) is 0 Å². The van der Waals surface area contributed by atoms with Crippen molar-refractivity contribution in [1.82, 2.24) is 5.32 Å². The Morgan fingerprint density at radius 3 is 2.62 bits per heavy atom. The first-order chi connectivity index (χ1) is 6.33. The molecular formula is C11H16BrN. The highest BCUT2D eigenvalue weighted by atomic mass is 79.9. The summed E-state index contributed by atoms with van der Waals surface area (Å²) in [4.78, 5) is 0. The third kappa shape index (κ3) is 4.44. The third-order valence-electron chi connectivity index (χ3n) is 2.04. The van der Waals surface area contributed by atoms with Crippen LogP contribution >= 0.6 is 15.9 Å². The van der Waals surface area contributed by atoms with Crippen LogP contribution in [0.5, 0.6) is 0 Å². The molecule has 1 N–H and O–H groups in total. The average Bonchev–Trinajstić information content (AvgIpc) is 2.17. The summed E-state index contributed by atoms with van der Waals surface area (Å²) in [6, 6.07) is 11.1. The molecule has 0 saturated heterocycles. The first-order valence-electron chi connectivity index (χ1n) is 4.66. The number of rotatable bonds is 5. The van der Waals surface area contributed by atoms with E-state index < -0.39 is 0 Å². The fourth-order valence-electron chi connectivity index (χ4n) is 1.15. The van der Waals surface area contributed by atoms with Gasteiger partial charge in [-0.15, -0.1) is 0 Å². The second kappa shape index (κ2) is 6.17. The van der Waals surface area contributed by atoms with Crippen LogP contribution in [0.1, 0.15) is 18.9 Å². The van der Waals surface area contributed by atoms with E-state index in [1.54, 1.807) is 0 Å². The van der Waals surface area contributed by atoms with Gasteiger partial charge in [-0.25, -0.2) is 0 Å². The van der Waals surface area contributed by atoms with E-state index in [-0.39, 0.29) is 0 Å². The highest BCUT2D eigenvalue weighted by Crippen LogP contribution is 2.00. The Labute approximate surface area is 88.7 Å². The molecule has 0 aliphatic carbocycles. The van der Waals surface area contributed by atoms with Crippen LogP contribution in [0.25, 0.3) is 0 Å². The molecule has 0 radical (unpaired) electrons. The predicted octanol–water partition coefficient (Wildman–Crippen LogP) is 2.95. The molecule has 0 amide bonds. The minimum atomic E-state index is 0.583. The summed E-state index contributed by atoms with van der Waals surface area (Å²) in [5.74, 6) is 0. The lowest BCUT2D eigenvalue weighted by molar-refractivity contribution is 0.538. The molecule has 0 aliphatic heterocycles. The number of hydrogen-bond acceptors (Lipinski definition) is 1. The summed E-state index contributed by atoms with van der Waals surface area (Å²) in [7, 11) is 0. The standard InChI is InChI=1S/C11H16BrN/c1-10(7-8-12)13-9-11-5-3-2-4-6-11/h2-6,10,13H,7-9H2,1H3. The van der Waals surface area contributed by atoms with Gasteiger partial charge in [0.15, 0.2) is 0 Å². The van der Waals surface area contributed by atoms with Gasteiger partial charge >= 0.3 is 0 Å². The van der Waals surface area contributed by atoms with E-state index in [0.29, 0.717) is 6.04 Å². The van der Waals surface area contributed by atoms with Crippen LogP contribution in [0.4, 0.5) is 0 Å². The van der Waals surface area contributed by atoms with Crippen LogP contribution in [0.3, 0.4) is 0 Å². The van der Waals surface area contributed by atoms with E-state index in [1.165, 1.54) is 12.0 Å². The zero-order valence-corrected chi connectivity index (χ0v) is 9.55. The lowest BCUT2D eigenvalue weighted by Gasteiger charge is -2.11. The van der Waals surface area contributed by atoms with Crippen molar-refractivity contribution in [3.63, 3.8) is 0 Å². The molecule has 1 nitrogen and oxygen atoms in total. The molecule has 1 aromatic carbocycles. The maximum absolute atomic E-state index is 3.47. The van der Waals surface area contributed by atoms with Crippen molar-refractivity contribution in [2.45, 2.75) is 25.9 Å². The summed E-state index contributed by atoms with van der Waals surface area (Å²) in [5.41, 5.74) is 1.35. The Morgan fingerprint density at radius 2 is 2.00 bits per heavy atom. The highest BCUT2D eigenvalue weighted by Gasteiger charge is 1.98. The van der Waals surface area contributed by atoms with Crippen molar-refractivity contribution >= 4 is 15.9 Å². The predicted molar refractivity (Wildman–Crippen MR) is 61.2 cm³/mol. The van der Waals surface area contributed by atoms with E-state index in [0.717, 1.165) is 11.9 Å². The second-order valence-corrected chi connectivity index (χ2v) is 4.04. The molecule has 72 valence electrons. The van der Waals surface area contributed by atoms with Crippen LogP contribution < -0.4 is 5.32 Å². The lowest BCUT2D eigenvalue weighted by Crippen LogP contribution is -2.25. The van der Waals surface area contributed by atoms with Crippen molar-refractivity contribution in [2.75, 3.05) is 5.33 Å². The molecule has 2 heteroatoms. The van der Waals surface area contributed by atoms with E-state index in [9.17, 15) is 0 Å². The molecule has 0 bridgehead atoms. The zero-order chi connectivity index (χ0) is 9.52. The molecule has 0 heterocycles. The van der Waals surface area contributed by atoms with Gasteiger partial charge in [0.25, 0.3) is 0 Å². The molecule has 0 spiro atoms. The maximum Gasteiger partial charge on any atom is 0.0207 e. The zero-order valence-electron chi connectivity index (χ0n) is 7.96. The molecule has 0 saturated carbocycles. The van der Waals surface area contributed by atoms with E-state index in [4.69, 9.17) is 0 Å². The van der Waals surface area contributed by atoms with Gasteiger partial charge in [-0.05, 0) is 18.9 Å². The van der Waals surface area contributed by atoms with Crippen LogP contribution in [-0.4, -0.2) is 11.4 Å². The maximum atomic E-state index is 3.47. The van der Waals surface area contributed by atoms with Gasteiger partial charge in [0.2, 0.25) is 0 Å². The Balaban J connectivity index is 2.27. The normalized spacial score (nSPS) is 12.8. The summed E-state index contributed by atoms with van der Waals surface area (Å²) >= 11 is 3.44. The molecule has 1 atom stereocenters. The molecule has 1 unspecified atom stereocenters. The Kier molecular flexibility index (Phi) is 5.09. The number of halogens is 1. The van der Waals surface area contributed by atoms with Crippen molar-refractivity contribution in [3.05, 3.63) is 35.9 Å². The topological polar surface area (TPSA) is 12.0 Å². The number of alkyl halides is 1. The molecule has 0 aromatic heterocycles. The summed E-state index contributed by atoms with van der Waals surface area (Å²) in [5, 5.41) is 4.54. The second-order valence-electron chi connectivity index (χ2n) is 3.25. The van der Waals surface area contributed by atoms with Crippen LogP contribution in [0, 0.1) is 0 Å². The van der Waals surface area contributed by atoms with Gasteiger partial charge < -0.3 is 5.32 Å². The first kappa shape index (κ1) is 10.7. The number of nitrogens with one attached hydrogen (secondary N) is 1. The van der Waals surface area contributed by atoms with Gasteiger partial charge in [0.05, 0.1) is 0 Å². The minimum Gasteiger partial charge on any atom is -0.310 e. The van der Waals surface area contributed by atoms with Gasteiger partial charge in [-0.2, -0.15) is 0 Å². The monoisotopic (exact) mass is 241 g/mol. The third-order valence-corrected chi connectivity index (χ3v) is 2.50.